The third-order valence-corrected chi connectivity index (χ3v) is 4.89. The summed E-state index contributed by atoms with van der Waals surface area (Å²) in [5.74, 6) is 0.718. The van der Waals surface area contributed by atoms with Crippen molar-refractivity contribution < 1.29 is 5.11 Å². The summed E-state index contributed by atoms with van der Waals surface area (Å²) in [5.41, 5.74) is 4.81. The molecule has 24 heavy (non-hydrogen) atoms. The minimum absolute atomic E-state index is 0.100. The summed E-state index contributed by atoms with van der Waals surface area (Å²) in [7, 11) is 0. The molecular formula is C20H29N3O. The molecule has 3 rings (SSSR count). The molecule has 1 aliphatic rings. The number of aliphatic hydroxyl groups is 1. The molecule has 1 saturated heterocycles. The predicted octanol–water partition coefficient (Wildman–Crippen LogP) is 3.26. The van der Waals surface area contributed by atoms with Crippen LogP contribution in [0.4, 0.5) is 0 Å². The van der Waals surface area contributed by atoms with Crippen LogP contribution in [0, 0.1) is 5.92 Å². The maximum absolute atomic E-state index is 9.12. The third kappa shape index (κ3) is 4.25. The van der Waals surface area contributed by atoms with Crippen LogP contribution in [0.3, 0.4) is 0 Å². The normalized spacial score (nSPS) is 19.1. The molecule has 1 atom stereocenters. The van der Waals surface area contributed by atoms with Gasteiger partial charge in [-0.2, -0.15) is 5.10 Å². The molecule has 4 heteroatoms. The van der Waals surface area contributed by atoms with Crippen molar-refractivity contribution >= 4 is 0 Å². The van der Waals surface area contributed by atoms with E-state index in [-0.39, 0.29) is 12.0 Å². The van der Waals surface area contributed by atoms with Gasteiger partial charge in [-0.05, 0) is 42.5 Å². The topological polar surface area (TPSA) is 52.1 Å². The Bertz CT molecular complexity index is 654. The summed E-state index contributed by atoms with van der Waals surface area (Å²) in [6.07, 6.45) is 2.38. The Balaban J connectivity index is 1.52. The maximum atomic E-state index is 9.12. The zero-order valence-electron chi connectivity index (χ0n) is 15.0. The fourth-order valence-corrected chi connectivity index (χ4v) is 3.40. The number of aromatic nitrogens is 2. The van der Waals surface area contributed by atoms with E-state index in [9.17, 15) is 0 Å². The van der Waals surface area contributed by atoms with Gasteiger partial charge in [-0.15, -0.1) is 0 Å². The Morgan fingerprint density at radius 2 is 1.92 bits per heavy atom. The number of H-pyrrole nitrogens is 1. The molecule has 2 heterocycles. The van der Waals surface area contributed by atoms with E-state index in [1.54, 1.807) is 0 Å². The van der Waals surface area contributed by atoms with Gasteiger partial charge in [0.15, 0.2) is 0 Å². The van der Waals surface area contributed by atoms with Crippen LogP contribution < -0.4 is 0 Å². The second kappa shape index (κ2) is 7.08. The quantitative estimate of drug-likeness (QED) is 0.886. The average Bonchev–Trinajstić information content (AvgIpc) is 3.18. The second-order valence-corrected chi connectivity index (χ2v) is 8.10. The molecule has 1 aromatic carbocycles. The first-order valence-corrected chi connectivity index (χ1v) is 8.90. The number of hydrogen-bond acceptors (Lipinski definition) is 3. The molecule has 2 N–H and O–H groups in total. The number of nitrogens with one attached hydrogen (secondary N) is 1. The predicted molar refractivity (Wildman–Crippen MR) is 96.7 cm³/mol. The molecule has 0 bridgehead atoms. The third-order valence-electron chi connectivity index (χ3n) is 4.89. The van der Waals surface area contributed by atoms with E-state index >= 15 is 0 Å². The van der Waals surface area contributed by atoms with Crippen molar-refractivity contribution in [3.63, 3.8) is 0 Å². The molecule has 0 radical (unpaired) electrons. The average molecular weight is 327 g/mol. The number of aromatic amines is 1. The largest absolute Gasteiger partial charge is 0.392 e. The van der Waals surface area contributed by atoms with E-state index in [0.29, 0.717) is 0 Å². The molecule has 4 nitrogen and oxygen atoms in total. The van der Waals surface area contributed by atoms with Crippen LogP contribution in [0.15, 0.2) is 30.3 Å². The first-order valence-electron chi connectivity index (χ1n) is 8.90. The van der Waals surface area contributed by atoms with Crippen LogP contribution >= 0.6 is 0 Å². The van der Waals surface area contributed by atoms with E-state index < -0.39 is 0 Å². The molecule has 1 aliphatic heterocycles. The van der Waals surface area contributed by atoms with Gasteiger partial charge in [-0.25, -0.2) is 0 Å². The van der Waals surface area contributed by atoms with Crippen molar-refractivity contribution in [1.82, 2.24) is 15.1 Å². The summed E-state index contributed by atoms with van der Waals surface area (Å²) in [6.45, 7) is 9.97. The standard InChI is InChI=1S/C20H29N3O/c1-20(2,3)19-11-18(21-22-19)13-23-9-8-17(12-23)10-15-4-6-16(14-24)7-5-15/h4-7,11,17,24H,8-10,12-14H2,1-3H3,(H,21,22)/t17-/m1/s1. The number of nitrogens with zero attached hydrogens (tertiary/aromatic N) is 2. The Hall–Kier alpha value is -1.65. The van der Waals surface area contributed by atoms with Crippen molar-refractivity contribution in [3.8, 4) is 0 Å². The van der Waals surface area contributed by atoms with Crippen LogP contribution in [0.2, 0.25) is 0 Å². The van der Waals surface area contributed by atoms with Gasteiger partial charge in [-0.1, -0.05) is 45.0 Å². The van der Waals surface area contributed by atoms with E-state index in [0.717, 1.165) is 43.2 Å². The first kappa shape index (κ1) is 17.2. The molecule has 0 amide bonds. The van der Waals surface area contributed by atoms with Crippen LogP contribution in [0.5, 0.6) is 0 Å². The van der Waals surface area contributed by atoms with Crippen LogP contribution in [0.25, 0.3) is 0 Å². The van der Waals surface area contributed by atoms with Gasteiger partial charge in [0.05, 0.1) is 12.3 Å². The van der Waals surface area contributed by atoms with Gasteiger partial charge in [0.1, 0.15) is 0 Å². The minimum Gasteiger partial charge on any atom is -0.392 e. The highest BCUT2D eigenvalue weighted by Crippen LogP contribution is 2.24. The molecule has 130 valence electrons. The van der Waals surface area contributed by atoms with Crippen molar-refractivity contribution in [2.24, 2.45) is 5.92 Å². The Labute approximate surface area is 144 Å². The molecule has 2 aromatic rings. The van der Waals surface area contributed by atoms with Crippen LogP contribution in [-0.2, 0) is 25.0 Å². The number of rotatable bonds is 5. The van der Waals surface area contributed by atoms with Crippen molar-refractivity contribution in [2.45, 2.75) is 52.2 Å². The number of benzene rings is 1. The van der Waals surface area contributed by atoms with E-state index in [1.165, 1.54) is 17.7 Å². The molecule has 0 spiro atoms. The van der Waals surface area contributed by atoms with Gasteiger partial charge in [0.2, 0.25) is 0 Å². The molecule has 1 aromatic heterocycles. The summed E-state index contributed by atoms with van der Waals surface area (Å²) < 4.78 is 0. The summed E-state index contributed by atoms with van der Waals surface area (Å²) in [6, 6.07) is 10.6. The Kier molecular flexibility index (Phi) is 5.07. The number of aliphatic hydroxyl groups excluding tert-OH is 1. The molecule has 0 saturated carbocycles. The molecule has 1 fully saturated rings. The first-order chi connectivity index (χ1) is 11.4. The summed E-state index contributed by atoms with van der Waals surface area (Å²) in [4.78, 5) is 2.52. The van der Waals surface area contributed by atoms with Crippen molar-refractivity contribution in [3.05, 3.63) is 52.8 Å². The fourth-order valence-electron chi connectivity index (χ4n) is 3.40. The zero-order valence-corrected chi connectivity index (χ0v) is 15.0. The Morgan fingerprint density at radius 1 is 1.21 bits per heavy atom. The van der Waals surface area contributed by atoms with Crippen LogP contribution in [0.1, 0.15) is 49.7 Å². The van der Waals surface area contributed by atoms with E-state index in [1.807, 2.05) is 12.1 Å². The SMILES string of the molecule is CC(C)(C)c1cc(CN2CC[C@H](Cc3ccc(CO)cc3)C2)[nH]n1. The second-order valence-electron chi connectivity index (χ2n) is 8.10. The minimum atomic E-state index is 0.100. The maximum Gasteiger partial charge on any atom is 0.0681 e. The van der Waals surface area contributed by atoms with Crippen molar-refractivity contribution in [1.29, 1.82) is 0 Å². The van der Waals surface area contributed by atoms with Crippen LogP contribution in [-0.4, -0.2) is 33.3 Å². The molecule has 0 unspecified atom stereocenters. The highest BCUT2D eigenvalue weighted by atomic mass is 16.3. The van der Waals surface area contributed by atoms with Gasteiger partial charge >= 0.3 is 0 Å². The Morgan fingerprint density at radius 3 is 2.54 bits per heavy atom. The fraction of sp³-hybridized carbons (Fsp3) is 0.550. The van der Waals surface area contributed by atoms with Gasteiger partial charge < -0.3 is 5.11 Å². The van der Waals surface area contributed by atoms with Gasteiger partial charge in [-0.3, -0.25) is 10.00 Å². The highest BCUT2D eigenvalue weighted by Gasteiger charge is 2.24. The van der Waals surface area contributed by atoms with E-state index in [4.69, 9.17) is 5.11 Å². The highest BCUT2D eigenvalue weighted by molar-refractivity contribution is 5.22. The lowest BCUT2D eigenvalue weighted by Crippen LogP contribution is -2.21. The number of hydrogen-bond donors (Lipinski definition) is 2. The lowest BCUT2D eigenvalue weighted by molar-refractivity contribution is 0.282. The smallest absolute Gasteiger partial charge is 0.0681 e. The summed E-state index contributed by atoms with van der Waals surface area (Å²) >= 11 is 0. The lowest BCUT2D eigenvalue weighted by atomic mass is 9.92. The monoisotopic (exact) mass is 327 g/mol. The van der Waals surface area contributed by atoms with E-state index in [2.05, 4.69) is 54.1 Å². The molecular weight excluding hydrogens is 298 g/mol. The summed E-state index contributed by atoms with van der Waals surface area (Å²) in [5, 5.41) is 16.8. The number of likely N-dealkylation sites (tertiary alicyclic amines) is 1. The van der Waals surface area contributed by atoms with Crippen molar-refractivity contribution in [2.75, 3.05) is 13.1 Å². The van der Waals surface area contributed by atoms with Gasteiger partial charge in [0, 0.05) is 24.2 Å². The lowest BCUT2D eigenvalue weighted by Gasteiger charge is -2.15. The van der Waals surface area contributed by atoms with Gasteiger partial charge in [0.25, 0.3) is 0 Å². The zero-order chi connectivity index (χ0) is 17.2. The molecule has 0 aliphatic carbocycles.